The molecule has 2 fully saturated rings. The summed E-state index contributed by atoms with van der Waals surface area (Å²) in [6.45, 7) is 7.05. The molecule has 12 heavy (non-hydrogen) atoms. The van der Waals surface area contributed by atoms with Crippen molar-refractivity contribution in [1.29, 1.82) is 0 Å². The van der Waals surface area contributed by atoms with E-state index in [0.717, 1.165) is 17.9 Å². The van der Waals surface area contributed by atoms with E-state index in [1.165, 1.54) is 18.6 Å². The minimum absolute atomic E-state index is 0.486. The number of rotatable bonds is 1. The van der Waals surface area contributed by atoms with Gasteiger partial charge in [-0.05, 0) is 24.7 Å². The van der Waals surface area contributed by atoms with Gasteiger partial charge in [-0.3, -0.25) is 5.32 Å². The molecule has 1 aliphatic carbocycles. The van der Waals surface area contributed by atoms with Gasteiger partial charge in [0.1, 0.15) is 0 Å². The van der Waals surface area contributed by atoms with E-state index in [1.807, 2.05) is 0 Å². The first-order valence-electron chi connectivity index (χ1n) is 5.09. The maximum Gasteiger partial charge on any atom is 0.0679 e. The van der Waals surface area contributed by atoms with E-state index in [0.29, 0.717) is 4.87 Å². The Morgan fingerprint density at radius 2 is 2.25 bits per heavy atom. The molecule has 70 valence electrons. The van der Waals surface area contributed by atoms with Crippen molar-refractivity contribution in [2.45, 2.75) is 44.5 Å². The number of hydrogen-bond donors (Lipinski definition) is 1. The fraction of sp³-hybridized carbons (Fsp3) is 1.00. The smallest absolute Gasteiger partial charge is 0.0679 e. The van der Waals surface area contributed by atoms with Gasteiger partial charge in [0, 0.05) is 11.8 Å². The zero-order chi connectivity index (χ0) is 8.77. The van der Waals surface area contributed by atoms with E-state index in [-0.39, 0.29) is 0 Å². The molecule has 4 atom stereocenters. The van der Waals surface area contributed by atoms with Crippen LogP contribution in [-0.4, -0.2) is 16.7 Å². The Morgan fingerprint density at radius 3 is 2.67 bits per heavy atom. The molecule has 1 nitrogen and oxygen atoms in total. The van der Waals surface area contributed by atoms with Crippen LogP contribution in [0.15, 0.2) is 0 Å². The van der Waals surface area contributed by atoms with Gasteiger partial charge >= 0.3 is 0 Å². The normalized spacial score (nSPS) is 52.8. The van der Waals surface area contributed by atoms with Crippen molar-refractivity contribution in [3.8, 4) is 0 Å². The Kier molecular flexibility index (Phi) is 2.16. The van der Waals surface area contributed by atoms with Crippen LogP contribution in [-0.2, 0) is 0 Å². The lowest BCUT2D eigenvalue weighted by Crippen LogP contribution is -2.57. The fourth-order valence-electron chi connectivity index (χ4n) is 2.42. The lowest BCUT2D eigenvalue weighted by molar-refractivity contribution is 0.107. The molecule has 2 aliphatic rings. The third-order valence-corrected chi connectivity index (χ3v) is 5.44. The molecule has 2 heteroatoms. The Hall–Kier alpha value is 0.310. The van der Waals surface area contributed by atoms with Gasteiger partial charge in [-0.25, -0.2) is 0 Å². The summed E-state index contributed by atoms with van der Waals surface area (Å²) in [5, 5.41) is 3.80. The van der Waals surface area contributed by atoms with Crippen molar-refractivity contribution in [3.05, 3.63) is 0 Å². The summed E-state index contributed by atoms with van der Waals surface area (Å²) < 4.78 is 0. The molecule has 0 radical (unpaired) electrons. The molecule has 1 spiro atoms. The van der Waals surface area contributed by atoms with Gasteiger partial charge in [0.05, 0.1) is 4.87 Å². The van der Waals surface area contributed by atoms with Crippen molar-refractivity contribution in [2.24, 2.45) is 11.8 Å². The van der Waals surface area contributed by atoms with Gasteiger partial charge < -0.3 is 0 Å². The Morgan fingerprint density at radius 1 is 1.50 bits per heavy atom. The lowest BCUT2D eigenvalue weighted by Gasteiger charge is -2.50. The second kappa shape index (κ2) is 2.91. The monoisotopic (exact) mass is 185 g/mol. The number of thioether (sulfide) groups is 1. The quantitative estimate of drug-likeness (QED) is 0.673. The highest BCUT2D eigenvalue weighted by molar-refractivity contribution is 8.01. The first-order chi connectivity index (χ1) is 5.68. The van der Waals surface area contributed by atoms with Crippen LogP contribution in [0.25, 0.3) is 0 Å². The molecule has 1 heterocycles. The lowest BCUT2D eigenvalue weighted by atomic mass is 9.70. The van der Waals surface area contributed by atoms with Crippen LogP contribution in [0.5, 0.6) is 0 Å². The van der Waals surface area contributed by atoms with E-state index < -0.39 is 0 Å². The molecule has 1 N–H and O–H groups in total. The summed E-state index contributed by atoms with van der Waals surface area (Å²) in [5.74, 6) is 3.13. The standard InChI is InChI=1S/C10H19NS/c1-4-9-6-12-10(11-9)5-7(2)8(10)3/h7-9,11H,4-6H2,1-3H3. The molecular formula is C10H19NS. The molecule has 1 saturated heterocycles. The van der Waals surface area contributed by atoms with Gasteiger partial charge in [0.25, 0.3) is 0 Å². The van der Waals surface area contributed by atoms with Gasteiger partial charge in [-0.1, -0.05) is 20.8 Å². The molecule has 1 saturated carbocycles. The topological polar surface area (TPSA) is 12.0 Å². The first kappa shape index (κ1) is 8.89. The van der Waals surface area contributed by atoms with E-state index in [1.54, 1.807) is 0 Å². The average molecular weight is 185 g/mol. The fourth-order valence-corrected chi connectivity index (χ4v) is 4.36. The Labute approximate surface area is 79.7 Å². The molecule has 0 aromatic rings. The van der Waals surface area contributed by atoms with Crippen molar-refractivity contribution < 1.29 is 0 Å². The molecule has 1 aliphatic heterocycles. The summed E-state index contributed by atoms with van der Waals surface area (Å²) in [6.07, 6.45) is 2.67. The van der Waals surface area contributed by atoms with E-state index >= 15 is 0 Å². The van der Waals surface area contributed by atoms with Crippen molar-refractivity contribution in [2.75, 3.05) is 5.75 Å². The maximum absolute atomic E-state index is 3.80. The van der Waals surface area contributed by atoms with Crippen LogP contribution in [0.1, 0.15) is 33.6 Å². The van der Waals surface area contributed by atoms with Gasteiger partial charge in [-0.2, -0.15) is 0 Å². The highest BCUT2D eigenvalue weighted by atomic mass is 32.2. The Bertz CT molecular complexity index is 183. The van der Waals surface area contributed by atoms with Crippen molar-refractivity contribution in [1.82, 2.24) is 5.32 Å². The predicted octanol–water partition coefficient (Wildman–Crippen LogP) is 2.47. The van der Waals surface area contributed by atoms with Crippen LogP contribution in [0.3, 0.4) is 0 Å². The van der Waals surface area contributed by atoms with Crippen LogP contribution < -0.4 is 5.32 Å². The van der Waals surface area contributed by atoms with Gasteiger partial charge in [0.15, 0.2) is 0 Å². The second-order valence-electron chi connectivity index (χ2n) is 4.42. The molecule has 4 unspecified atom stereocenters. The third kappa shape index (κ3) is 1.12. The number of nitrogens with one attached hydrogen (secondary N) is 1. The third-order valence-electron chi connectivity index (χ3n) is 3.70. The summed E-state index contributed by atoms with van der Waals surface area (Å²) in [7, 11) is 0. The van der Waals surface area contributed by atoms with Crippen LogP contribution >= 0.6 is 11.8 Å². The Balaban J connectivity index is 1.98. The molecule has 2 rings (SSSR count). The van der Waals surface area contributed by atoms with Crippen molar-refractivity contribution >= 4 is 11.8 Å². The zero-order valence-corrected chi connectivity index (χ0v) is 9.08. The SMILES string of the molecule is CCC1CSC2(CC(C)C2C)N1. The second-order valence-corrected chi connectivity index (χ2v) is 5.77. The highest BCUT2D eigenvalue weighted by Crippen LogP contribution is 2.53. The van der Waals surface area contributed by atoms with E-state index in [9.17, 15) is 0 Å². The van der Waals surface area contributed by atoms with E-state index in [2.05, 4.69) is 37.8 Å². The summed E-state index contributed by atoms with van der Waals surface area (Å²) >= 11 is 2.16. The molecule has 0 aromatic heterocycles. The van der Waals surface area contributed by atoms with Crippen LogP contribution in [0, 0.1) is 11.8 Å². The molecule has 0 aromatic carbocycles. The highest BCUT2D eigenvalue weighted by Gasteiger charge is 2.53. The summed E-state index contributed by atoms with van der Waals surface area (Å²) in [6, 6.07) is 0.782. The number of hydrogen-bond acceptors (Lipinski definition) is 2. The zero-order valence-electron chi connectivity index (χ0n) is 8.26. The molecular weight excluding hydrogens is 166 g/mol. The minimum Gasteiger partial charge on any atom is -0.299 e. The van der Waals surface area contributed by atoms with Crippen molar-refractivity contribution in [3.63, 3.8) is 0 Å². The maximum atomic E-state index is 3.80. The first-order valence-corrected chi connectivity index (χ1v) is 6.08. The van der Waals surface area contributed by atoms with Crippen LogP contribution in [0.2, 0.25) is 0 Å². The average Bonchev–Trinajstić information content (AvgIpc) is 2.51. The van der Waals surface area contributed by atoms with Gasteiger partial charge in [-0.15, -0.1) is 11.8 Å². The molecule has 0 amide bonds. The van der Waals surface area contributed by atoms with Crippen LogP contribution in [0.4, 0.5) is 0 Å². The minimum atomic E-state index is 0.486. The molecule has 0 bridgehead atoms. The van der Waals surface area contributed by atoms with Gasteiger partial charge in [0.2, 0.25) is 0 Å². The summed E-state index contributed by atoms with van der Waals surface area (Å²) in [5.41, 5.74) is 0. The summed E-state index contributed by atoms with van der Waals surface area (Å²) in [4.78, 5) is 0.486. The predicted molar refractivity (Wildman–Crippen MR) is 55.3 cm³/mol. The largest absolute Gasteiger partial charge is 0.299 e. The van der Waals surface area contributed by atoms with E-state index in [4.69, 9.17) is 0 Å².